The first kappa shape index (κ1) is 12.2. The van der Waals surface area contributed by atoms with E-state index in [4.69, 9.17) is 0 Å². The summed E-state index contributed by atoms with van der Waals surface area (Å²) in [4.78, 5) is 0. The Bertz CT molecular complexity index is 396. The van der Waals surface area contributed by atoms with Crippen molar-refractivity contribution in [2.45, 2.75) is 32.7 Å². The van der Waals surface area contributed by atoms with E-state index in [1.54, 1.807) is 6.07 Å². The average Bonchev–Trinajstić information content (AvgIpc) is 2.26. The van der Waals surface area contributed by atoms with Crippen LogP contribution in [0.2, 0.25) is 0 Å². The second-order valence-corrected chi connectivity index (χ2v) is 5.89. The Morgan fingerprint density at radius 3 is 2.88 bits per heavy atom. The minimum atomic E-state index is 0.166. The highest BCUT2D eigenvalue weighted by atomic mass is 16.3. The van der Waals surface area contributed by atoms with Crippen LogP contribution in [0.25, 0.3) is 0 Å². The smallest absolute Gasteiger partial charge is 0.138 e. The van der Waals surface area contributed by atoms with Crippen molar-refractivity contribution in [2.24, 2.45) is 5.92 Å². The lowest BCUT2D eigenvalue weighted by molar-refractivity contribution is 0.372. The van der Waals surface area contributed by atoms with Crippen molar-refractivity contribution in [1.29, 1.82) is 0 Å². The maximum absolute atomic E-state index is 9.72. The Kier molecular flexibility index (Phi) is 3.29. The van der Waals surface area contributed by atoms with Crippen molar-refractivity contribution in [1.82, 2.24) is 5.32 Å². The minimum Gasteiger partial charge on any atom is -0.506 e. The van der Waals surface area contributed by atoms with Crippen LogP contribution in [0.4, 0.5) is 5.69 Å². The molecule has 94 valence electrons. The molecule has 3 heteroatoms. The summed E-state index contributed by atoms with van der Waals surface area (Å²) < 4.78 is 0. The third-order valence-corrected chi connectivity index (χ3v) is 3.13. The summed E-state index contributed by atoms with van der Waals surface area (Å²) in [5.41, 5.74) is 2.30. The van der Waals surface area contributed by atoms with Crippen molar-refractivity contribution in [3.63, 3.8) is 0 Å². The average molecular weight is 234 g/mol. The first-order valence-electron chi connectivity index (χ1n) is 6.25. The first-order chi connectivity index (χ1) is 7.96. The second kappa shape index (κ2) is 4.57. The number of benzene rings is 1. The van der Waals surface area contributed by atoms with Gasteiger partial charge in [-0.15, -0.1) is 0 Å². The number of phenols is 1. The highest BCUT2D eigenvalue weighted by Crippen LogP contribution is 2.32. The number of aromatic hydroxyl groups is 1. The van der Waals surface area contributed by atoms with Crippen LogP contribution in [-0.2, 0) is 6.42 Å². The maximum Gasteiger partial charge on any atom is 0.138 e. The molecule has 1 aromatic rings. The summed E-state index contributed by atoms with van der Waals surface area (Å²) in [5.74, 6) is 0.952. The molecule has 3 nitrogen and oxygen atoms in total. The molecule has 0 fully saturated rings. The van der Waals surface area contributed by atoms with E-state index in [1.807, 2.05) is 6.07 Å². The fraction of sp³-hybridized carbons (Fsp3) is 0.571. The van der Waals surface area contributed by atoms with E-state index in [2.05, 4.69) is 37.5 Å². The minimum absolute atomic E-state index is 0.166. The third-order valence-electron chi connectivity index (χ3n) is 3.13. The van der Waals surface area contributed by atoms with E-state index in [0.29, 0.717) is 11.7 Å². The molecule has 2 rings (SSSR count). The fourth-order valence-corrected chi connectivity index (χ4v) is 2.19. The molecular formula is C14H22N2O. The van der Waals surface area contributed by atoms with E-state index >= 15 is 0 Å². The summed E-state index contributed by atoms with van der Waals surface area (Å²) in [5, 5.41) is 16.6. The second-order valence-electron chi connectivity index (χ2n) is 5.89. The summed E-state index contributed by atoms with van der Waals surface area (Å²) in [6, 6.07) is 5.74. The number of phenolic OH excluding ortho intramolecular Hbond substituents is 1. The van der Waals surface area contributed by atoms with Crippen LogP contribution in [0.3, 0.4) is 0 Å². The molecule has 3 N–H and O–H groups in total. The van der Waals surface area contributed by atoms with Crippen LogP contribution in [0.1, 0.15) is 26.3 Å². The fourth-order valence-electron chi connectivity index (χ4n) is 2.19. The van der Waals surface area contributed by atoms with E-state index in [-0.39, 0.29) is 5.54 Å². The molecule has 0 aliphatic carbocycles. The lowest BCUT2D eigenvalue weighted by atomic mass is 9.93. The molecule has 0 radical (unpaired) electrons. The van der Waals surface area contributed by atoms with Gasteiger partial charge in [-0.05, 0) is 44.7 Å². The zero-order valence-electron chi connectivity index (χ0n) is 10.9. The highest BCUT2D eigenvalue weighted by molar-refractivity contribution is 5.62. The van der Waals surface area contributed by atoms with Gasteiger partial charge in [0.15, 0.2) is 0 Å². The van der Waals surface area contributed by atoms with Gasteiger partial charge >= 0.3 is 0 Å². The zero-order chi connectivity index (χ0) is 12.5. The van der Waals surface area contributed by atoms with Gasteiger partial charge < -0.3 is 15.7 Å². The lowest BCUT2D eigenvalue weighted by Crippen LogP contribution is -2.42. The van der Waals surface area contributed by atoms with E-state index < -0.39 is 0 Å². The Balaban J connectivity index is 1.99. The Morgan fingerprint density at radius 1 is 1.41 bits per heavy atom. The maximum atomic E-state index is 9.72. The highest BCUT2D eigenvalue weighted by Gasteiger charge is 2.21. The van der Waals surface area contributed by atoms with Gasteiger partial charge in [0.2, 0.25) is 0 Å². The Morgan fingerprint density at radius 2 is 2.18 bits per heavy atom. The molecule has 0 saturated carbocycles. The van der Waals surface area contributed by atoms with E-state index in [0.717, 1.165) is 25.2 Å². The van der Waals surface area contributed by atoms with E-state index in [1.165, 1.54) is 5.56 Å². The van der Waals surface area contributed by atoms with Crippen molar-refractivity contribution in [3.05, 3.63) is 23.8 Å². The summed E-state index contributed by atoms with van der Waals surface area (Å²) in [6.07, 6.45) is 1.03. The van der Waals surface area contributed by atoms with Crippen molar-refractivity contribution in [2.75, 3.05) is 18.4 Å². The molecule has 0 saturated heterocycles. The number of nitrogens with one attached hydrogen (secondary N) is 2. The normalized spacial score (nSPS) is 19.6. The van der Waals surface area contributed by atoms with Gasteiger partial charge in [-0.2, -0.15) is 0 Å². The number of anilines is 1. The summed E-state index contributed by atoms with van der Waals surface area (Å²) >= 11 is 0. The molecule has 0 spiro atoms. The number of hydrogen-bond acceptors (Lipinski definition) is 3. The van der Waals surface area contributed by atoms with Gasteiger partial charge in [0.1, 0.15) is 5.75 Å². The molecule has 1 unspecified atom stereocenters. The van der Waals surface area contributed by atoms with Gasteiger partial charge in [0, 0.05) is 18.6 Å². The predicted molar refractivity (Wildman–Crippen MR) is 71.5 cm³/mol. The van der Waals surface area contributed by atoms with Gasteiger partial charge in [-0.1, -0.05) is 12.1 Å². The molecule has 1 heterocycles. The molecule has 1 aromatic carbocycles. The Hall–Kier alpha value is -1.22. The van der Waals surface area contributed by atoms with Crippen molar-refractivity contribution in [3.8, 4) is 5.75 Å². The predicted octanol–water partition coefficient (Wildman–Crippen LogP) is 2.36. The Labute approximate surface area is 103 Å². The molecule has 1 aliphatic rings. The number of rotatable bonds is 2. The molecule has 0 bridgehead atoms. The van der Waals surface area contributed by atoms with Crippen LogP contribution in [0.5, 0.6) is 5.75 Å². The van der Waals surface area contributed by atoms with E-state index in [9.17, 15) is 5.11 Å². The van der Waals surface area contributed by atoms with Crippen LogP contribution >= 0.6 is 0 Å². The van der Waals surface area contributed by atoms with Gasteiger partial charge in [0.25, 0.3) is 0 Å². The van der Waals surface area contributed by atoms with Crippen LogP contribution < -0.4 is 10.6 Å². The van der Waals surface area contributed by atoms with Crippen molar-refractivity contribution < 1.29 is 5.11 Å². The van der Waals surface area contributed by atoms with Crippen LogP contribution in [-0.4, -0.2) is 23.7 Å². The third kappa shape index (κ3) is 3.13. The number of fused-ring (bicyclic) bond motifs is 1. The summed E-state index contributed by atoms with van der Waals surface area (Å²) in [7, 11) is 0. The van der Waals surface area contributed by atoms with Gasteiger partial charge in [0.05, 0.1) is 5.69 Å². The van der Waals surface area contributed by atoms with Crippen molar-refractivity contribution >= 4 is 5.69 Å². The molecule has 1 atom stereocenters. The molecule has 0 amide bonds. The number of hydrogen-bond donors (Lipinski definition) is 3. The number of para-hydroxylation sites is 1. The largest absolute Gasteiger partial charge is 0.506 e. The molecule has 17 heavy (non-hydrogen) atoms. The quantitative estimate of drug-likeness (QED) is 0.688. The molecule has 1 aliphatic heterocycles. The topological polar surface area (TPSA) is 44.3 Å². The van der Waals surface area contributed by atoms with Crippen LogP contribution in [0, 0.1) is 5.92 Å². The summed E-state index contributed by atoms with van der Waals surface area (Å²) in [6.45, 7) is 8.48. The lowest BCUT2D eigenvalue weighted by Gasteiger charge is -2.30. The van der Waals surface area contributed by atoms with Gasteiger partial charge in [-0.3, -0.25) is 0 Å². The zero-order valence-corrected chi connectivity index (χ0v) is 10.9. The van der Waals surface area contributed by atoms with Crippen LogP contribution in [0.15, 0.2) is 18.2 Å². The monoisotopic (exact) mass is 234 g/mol. The molecule has 0 aromatic heterocycles. The van der Waals surface area contributed by atoms with Gasteiger partial charge in [-0.25, -0.2) is 0 Å². The standard InChI is InChI=1S/C14H22N2O/c1-14(2,3)16-9-10-7-11-5-4-6-12(17)13(11)15-8-10/h4-6,10,15-17H,7-9H2,1-3H3. The first-order valence-corrected chi connectivity index (χ1v) is 6.25. The SMILES string of the molecule is CC(C)(C)NCC1CNc2c(O)cccc2C1. The molecular weight excluding hydrogens is 212 g/mol.